The van der Waals surface area contributed by atoms with Crippen LogP contribution in [0.5, 0.6) is 0 Å². The van der Waals surface area contributed by atoms with Crippen molar-refractivity contribution in [3.05, 3.63) is 0 Å². The molecule has 0 bridgehead atoms. The lowest BCUT2D eigenvalue weighted by Gasteiger charge is -1.98. The molecule has 42 valence electrons. The summed E-state index contributed by atoms with van der Waals surface area (Å²) < 4.78 is 9.02. The SMILES string of the molecule is O=C(O)C(F)(Cl)I. The van der Waals surface area contributed by atoms with Crippen molar-refractivity contribution in [1.82, 2.24) is 0 Å². The number of hydrogen-bond donors (Lipinski definition) is 1. The van der Waals surface area contributed by atoms with Crippen LogP contribution in [-0.4, -0.2) is 14.2 Å². The van der Waals surface area contributed by atoms with Crippen LogP contribution in [0.2, 0.25) is 0 Å². The highest BCUT2D eigenvalue weighted by molar-refractivity contribution is 14.1. The number of rotatable bonds is 1. The maximum absolute atomic E-state index is 11.7. The second kappa shape index (κ2) is 2.13. The molecule has 7 heavy (non-hydrogen) atoms. The van der Waals surface area contributed by atoms with Gasteiger partial charge < -0.3 is 5.11 Å². The Kier molecular flexibility index (Phi) is 2.25. The highest BCUT2D eigenvalue weighted by atomic mass is 127. The van der Waals surface area contributed by atoms with Gasteiger partial charge in [0.1, 0.15) is 0 Å². The summed E-state index contributed by atoms with van der Waals surface area (Å²) in [4.78, 5) is 9.51. The van der Waals surface area contributed by atoms with Gasteiger partial charge in [-0.3, -0.25) is 0 Å². The average Bonchev–Trinajstić information content (AvgIpc) is 1.31. The van der Waals surface area contributed by atoms with Crippen LogP contribution in [0.3, 0.4) is 0 Å². The fraction of sp³-hybridized carbons (Fsp3) is 0.500. The van der Waals surface area contributed by atoms with Crippen molar-refractivity contribution >= 4 is 40.2 Å². The van der Waals surface area contributed by atoms with Gasteiger partial charge in [0.15, 0.2) is 0 Å². The number of carboxylic acid groups (broad SMARTS) is 1. The number of hydrogen-bond acceptors (Lipinski definition) is 1. The number of carbonyl (C=O) groups is 1. The molecule has 0 amide bonds. The molecule has 0 aromatic carbocycles. The van der Waals surface area contributed by atoms with Crippen molar-refractivity contribution in [2.75, 3.05) is 0 Å². The number of carboxylic acids is 1. The highest BCUT2D eigenvalue weighted by Gasteiger charge is 2.31. The first kappa shape index (κ1) is 7.42. The van der Waals surface area contributed by atoms with Crippen molar-refractivity contribution in [3.63, 3.8) is 0 Å². The van der Waals surface area contributed by atoms with Crippen LogP contribution in [0.1, 0.15) is 0 Å². The summed E-state index contributed by atoms with van der Waals surface area (Å²) in [5.41, 5.74) is 0. The van der Waals surface area contributed by atoms with E-state index in [4.69, 9.17) is 5.11 Å². The molecule has 0 radical (unpaired) electrons. The molecule has 2 nitrogen and oxygen atoms in total. The maximum Gasteiger partial charge on any atom is 0.367 e. The lowest BCUT2D eigenvalue weighted by molar-refractivity contribution is -0.140. The highest BCUT2D eigenvalue weighted by Crippen LogP contribution is 2.25. The van der Waals surface area contributed by atoms with E-state index < -0.39 is 9.10 Å². The Morgan fingerprint density at radius 2 is 2.14 bits per heavy atom. The first-order valence-electron chi connectivity index (χ1n) is 1.24. The number of aliphatic carboxylic acids is 1. The Balaban J connectivity index is 3.79. The van der Waals surface area contributed by atoms with Crippen LogP contribution in [0, 0.1) is 0 Å². The Bertz CT molecular complexity index is 88.2. The van der Waals surface area contributed by atoms with Gasteiger partial charge in [0, 0.05) is 0 Å². The zero-order chi connectivity index (χ0) is 6.08. The summed E-state index contributed by atoms with van der Waals surface area (Å²) in [7, 11) is 0. The zero-order valence-electron chi connectivity index (χ0n) is 2.99. The van der Waals surface area contributed by atoms with E-state index in [-0.39, 0.29) is 0 Å². The standard InChI is InChI=1S/C2HClFIO2/c3-2(4,5)1(6)7/h(H,6,7). The molecule has 0 saturated heterocycles. The topological polar surface area (TPSA) is 37.3 Å². The van der Waals surface area contributed by atoms with E-state index in [9.17, 15) is 9.18 Å². The van der Waals surface area contributed by atoms with Gasteiger partial charge in [-0.15, -0.1) is 0 Å². The summed E-state index contributed by atoms with van der Waals surface area (Å²) >= 11 is 5.55. The molecule has 0 rings (SSSR count). The van der Waals surface area contributed by atoms with Crippen molar-refractivity contribution < 1.29 is 14.3 Å². The van der Waals surface area contributed by atoms with Gasteiger partial charge >= 0.3 is 9.10 Å². The predicted molar refractivity (Wildman–Crippen MR) is 31.3 cm³/mol. The molecule has 0 heterocycles. The summed E-state index contributed by atoms with van der Waals surface area (Å²) in [6, 6.07) is 0. The Morgan fingerprint density at radius 1 is 2.00 bits per heavy atom. The molecular weight excluding hydrogens is 237 g/mol. The molecule has 0 aliphatic rings. The van der Waals surface area contributed by atoms with Gasteiger partial charge in [-0.25, -0.2) is 9.18 Å². The quantitative estimate of drug-likeness (QED) is 0.553. The molecule has 0 spiro atoms. The van der Waals surface area contributed by atoms with Crippen LogP contribution in [0.4, 0.5) is 4.39 Å². The fourth-order valence-corrected chi connectivity index (χ4v) is 0. The minimum atomic E-state index is -2.64. The number of halogens is 3. The second-order valence-electron chi connectivity index (χ2n) is 0.803. The molecule has 0 saturated carbocycles. The largest absolute Gasteiger partial charge is 0.477 e. The summed E-state index contributed by atoms with van der Waals surface area (Å²) in [5, 5.41) is 7.74. The summed E-state index contributed by atoms with van der Waals surface area (Å²) in [6.07, 6.45) is 0. The monoisotopic (exact) mass is 238 g/mol. The molecule has 1 unspecified atom stereocenters. The van der Waals surface area contributed by atoms with Crippen LogP contribution in [0.25, 0.3) is 0 Å². The third-order valence-corrected chi connectivity index (χ3v) is 0.866. The first-order valence-corrected chi connectivity index (χ1v) is 2.70. The lowest BCUT2D eigenvalue weighted by atomic mass is 10.8. The average molecular weight is 238 g/mol. The fourth-order valence-electron chi connectivity index (χ4n) is 0. The van der Waals surface area contributed by atoms with Crippen molar-refractivity contribution in [2.45, 2.75) is 3.13 Å². The molecule has 1 atom stereocenters. The minimum Gasteiger partial charge on any atom is -0.477 e. The third kappa shape index (κ3) is 3.04. The molecule has 0 fully saturated rings. The molecule has 1 N–H and O–H groups in total. The zero-order valence-corrected chi connectivity index (χ0v) is 5.90. The minimum absolute atomic E-state index is 0.966. The molecular formula is C2HClFIO2. The normalized spacial score (nSPS) is 18.1. The van der Waals surface area contributed by atoms with Gasteiger partial charge in [0.05, 0.1) is 0 Å². The van der Waals surface area contributed by atoms with E-state index in [2.05, 4.69) is 11.6 Å². The van der Waals surface area contributed by atoms with E-state index in [1.165, 1.54) is 0 Å². The van der Waals surface area contributed by atoms with Gasteiger partial charge in [0.2, 0.25) is 0 Å². The van der Waals surface area contributed by atoms with Crippen LogP contribution in [-0.2, 0) is 4.79 Å². The van der Waals surface area contributed by atoms with E-state index >= 15 is 0 Å². The van der Waals surface area contributed by atoms with Crippen molar-refractivity contribution in [2.24, 2.45) is 0 Å². The van der Waals surface area contributed by atoms with E-state index in [0.717, 1.165) is 22.6 Å². The summed E-state index contributed by atoms with van der Waals surface area (Å²) in [5.74, 6) is -1.67. The van der Waals surface area contributed by atoms with Gasteiger partial charge in [-0.1, -0.05) is 11.6 Å². The molecule has 5 heteroatoms. The van der Waals surface area contributed by atoms with Crippen molar-refractivity contribution in [1.29, 1.82) is 0 Å². The van der Waals surface area contributed by atoms with E-state index in [1.54, 1.807) is 0 Å². The van der Waals surface area contributed by atoms with Crippen molar-refractivity contribution in [3.8, 4) is 0 Å². The van der Waals surface area contributed by atoms with Crippen LogP contribution < -0.4 is 0 Å². The molecule has 0 aromatic heterocycles. The molecule has 0 aromatic rings. The number of alkyl halides is 3. The predicted octanol–water partition coefficient (Wildman–Crippen LogP) is 1.37. The van der Waals surface area contributed by atoms with Crippen LogP contribution >= 0.6 is 34.2 Å². The summed E-state index contributed by atoms with van der Waals surface area (Å²) in [6.45, 7) is 0. The maximum atomic E-state index is 11.7. The second-order valence-corrected chi connectivity index (χ2v) is 3.45. The van der Waals surface area contributed by atoms with Gasteiger partial charge in [0.25, 0.3) is 0 Å². The van der Waals surface area contributed by atoms with Gasteiger partial charge in [-0.05, 0) is 22.6 Å². The Hall–Kier alpha value is 0.420. The molecule has 0 aliphatic heterocycles. The molecule has 0 aliphatic carbocycles. The Labute approximate surface area is 57.8 Å². The smallest absolute Gasteiger partial charge is 0.367 e. The van der Waals surface area contributed by atoms with Gasteiger partial charge in [-0.2, -0.15) is 0 Å². The first-order chi connectivity index (χ1) is 2.94. The van der Waals surface area contributed by atoms with E-state index in [1.807, 2.05) is 0 Å². The van der Waals surface area contributed by atoms with Crippen LogP contribution in [0.15, 0.2) is 0 Å². The lowest BCUT2D eigenvalue weighted by Crippen LogP contribution is -2.17. The van der Waals surface area contributed by atoms with E-state index in [0.29, 0.717) is 0 Å². The third-order valence-electron chi connectivity index (χ3n) is 0.243. The Morgan fingerprint density at radius 3 is 2.14 bits per heavy atom.